The molecule has 5 nitrogen and oxygen atoms in total. The molecular formula is C14H10ClNO4S. The molecule has 0 fully saturated rings. The Kier molecular flexibility index (Phi) is 3.24. The topological polar surface area (TPSA) is 86.5 Å². The summed E-state index contributed by atoms with van der Waals surface area (Å²) in [7, 11) is -3.95. The summed E-state index contributed by atoms with van der Waals surface area (Å²) in [6, 6.07) is 11.3. The van der Waals surface area contributed by atoms with E-state index in [0.717, 1.165) is 0 Å². The number of ether oxygens (including phenoxy) is 1. The minimum atomic E-state index is -3.95. The summed E-state index contributed by atoms with van der Waals surface area (Å²) in [6.07, 6.45) is -0.661. The number of carbonyl (C=O) groups excluding carboxylic acids is 1. The van der Waals surface area contributed by atoms with Crippen LogP contribution in [-0.4, -0.2) is 14.4 Å². The van der Waals surface area contributed by atoms with E-state index in [0.29, 0.717) is 16.7 Å². The summed E-state index contributed by atoms with van der Waals surface area (Å²) in [5, 5.41) is 5.15. The average Bonchev–Trinajstić information content (AvgIpc) is 2.76. The van der Waals surface area contributed by atoms with Gasteiger partial charge in [-0.15, -0.1) is 0 Å². The van der Waals surface area contributed by atoms with Gasteiger partial charge >= 0.3 is 5.97 Å². The summed E-state index contributed by atoms with van der Waals surface area (Å²) in [6.45, 7) is 0. The van der Waals surface area contributed by atoms with E-state index in [4.69, 9.17) is 21.5 Å². The summed E-state index contributed by atoms with van der Waals surface area (Å²) in [5.74, 6) is -0.442. The van der Waals surface area contributed by atoms with E-state index in [2.05, 4.69) is 0 Å². The second-order valence-corrected chi connectivity index (χ2v) is 6.54. The van der Waals surface area contributed by atoms with Crippen molar-refractivity contribution in [2.24, 2.45) is 5.14 Å². The van der Waals surface area contributed by atoms with Crippen LogP contribution < -0.4 is 5.14 Å². The van der Waals surface area contributed by atoms with E-state index in [1.807, 2.05) is 0 Å². The van der Waals surface area contributed by atoms with Crippen LogP contribution >= 0.6 is 11.6 Å². The number of cyclic esters (lactones) is 1. The first-order valence-electron chi connectivity index (χ1n) is 6.00. The average molecular weight is 324 g/mol. The van der Waals surface area contributed by atoms with Crippen LogP contribution in [0, 0.1) is 0 Å². The number of hydrogen-bond donors (Lipinski definition) is 1. The van der Waals surface area contributed by atoms with E-state index < -0.39 is 22.1 Å². The van der Waals surface area contributed by atoms with Gasteiger partial charge < -0.3 is 4.74 Å². The minimum Gasteiger partial charge on any atom is -0.449 e. The SMILES string of the molecule is NS(=O)(=O)c1cc(C2OC(=O)c3ccccc32)ccc1Cl. The van der Waals surface area contributed by atoms with Gasteiger partial charge in [0.1, 0.15) is 4.90 Å². The molecule has 1 atom stereocenters. The van der Waals surface area contributed by atoms with Crippen LogP contribution in [0.3, 0.4) is 0 Å². The van der Waals surface area contributed by atoms with E-state index in [1.165, 1.54) is 12.1 Å². The lowest BCUT2D eigenvalue weighted by atomic mass is 9.99. The summed E-state index contributed by atoms with van der Waals surface area (Å²) in [5.41, 5.74) is 1.65. The van der Waals surface area contributed by atoms with Crippen molar-refractivity contribution in [2.45, 2.75) is 11.0 Å². The molecule has 1 aliphatic heterocycles. The predicted molar refractivity (Wildman–Crippen MR) is 76.5 cm³/mol. The van der Waals surface area contributed by atoms with Gasteiger partial charge in [-0.2, -0.15) is 0 Å². The molecule has 0 aromatic heterocycles. The van der Waals surface area contributed by atoms with Crippen molar-refractivity contribution in [3.8, 4) is 0 Å². The molecule has 1 unspecified atom stereocenters. The Morgan fingerprint density at radius 1 is 1.14 bits per heavy atom. The molecule has 108 valence electrons. The Labute approximate surface area is 126 Å². The smallest absolute Gasteiger partial charge is 0.339 e. The van der Waals surface area contributed by atoms with Crippen molar-refractivity contribution < 1.29 is 17.9 Å². The Hall–Kier alpha value is -1.89. The third kappa shape index (κ3) is 2.42. The summed E-state index contributed by atoms with van der Waals surface area (Å²) >= 11 is 5.85. The molecule has 0 saturated carbocycles. The summed E-state index contributed by atoms with van der Waals surface area (Å²) in [4.78, 5) is 11.6. The largest absolute Gasteiger partial charge is 0.449 e. The van der Waals surface area contributed by atoms with Gasteiger partial charge in [-0.05, 0) is 23.8 Å². The molecule has 7 heteroatoms. The van der Waals surface area contributed by atoms with Crippen LogP contribution in [0.4, 0.5) is 0 Å². The van der Waals surface area contributed by atoms with E-state index in [1.54, 1.807) is 30.3 Å². The van der Waals surface area contributed by atoms with Gasteiger partial charge in [0.15, 0.2) is 6.10 Å². The Balaban J connectivity index is 2.14. The molecule has 2 aromatic carbocycles. The third-order valence-electron chi connectivity index (χ3n) is 3.25. The van der Waals surface area contributed by atoms with Gasteiger partial charge in [0.05, 0.1) is 10.6 Å². The van der Waals surface area contributed by atoms with Crippen LogP contribution in [0.25, 0.3) is 0 Å². The van der Waals surface area contributed by atoms with Crippen molar-refractivity contribution in [1.29, 1.82) is 0 Å². The number of esters is 1. The zero-order valence-electron chi connectivity index (χ0n) is 10.6. The van der Waals surface area contributed by atoms with Gasteiger partial charge in [-0.3, -0.25) is 0 Å². The molecular weight excluding hydrogens is 314 g/mol. The van der Waals surface area contributed by atoms with Crippen molar-refractivity contribution in [1.82, 2.24) is 0 Å². The van der Waals surface area contributed by atoms with Crippen LogP contribution in [0.5, 0.6) is 0 Å². The maximum atomic E-state index is 11.8. The third-order valence-corrected chi connectivity index (χ3v) is 4.65. The first-order valence-corrected chi connectivity index (χ1v) is 7.92. The number of halogens is 1. The van der Waals surface area contributed by atoms with Crippen molar-refractivity contribution >= 4 is 27.6 Å². The van der Waals surface area contributed by atoms with Crippen LogP contribution in [0.15, 0.2) is 47.4 Å². The quantitative estimate of drug-likeness (QED) is 0.859. The first-order chi connectivity index (χ1) is 9.88. The monoisotopic (exact) mass is 323 g/mol. The lowest BCUT2D eigenvalue weighted by Crippen LogP contribution is -2.13. The minimum absolute atomic E-state index is 0.0267. The van der Waals surface area contributed by atoms with Crippen LogP contribution in [-0.2, 0) is 14.8 Å². The second-order valence-electron chi connectivity index (χ2n) is 4.61. The van der Waals surface area contributed by atoms with E-state index in [9.17, 15) is 13.2 Å². The zero-order valence-corrected chi connectivity index (χ0v) is 12.2. The Bertz CT molecular complexity index is 848. The number of benzene rings is 2. The standard InChI is InChI=1S/C14H10ClNO4S/c15-11-6-5-8(7-12(11)21(16,18)19)13-9-3-1-2-4-10(9)14(17)20-13/h1-7,13H,(H2,16,18,19). The van der Waals surface area contributed by atoms with Gasteiger partial charge in [0.25, 0.3) is 0 Å². The lowest BCUT2D eigenvalue weighted by molar-refractivity contribution is 0.0455. The molecule has 0 aliphatic carbocycles. The fraction of sp³-hybridized carbons (Fsp3) is 0.0714. The van der Waals surface area contributed by atoms with Crippen LogP contribution in [0.2, 0.25) is 5.02 Å². The highest BCUT2D eigenvalue weighted by Crippen LogP contribution is 2.37. The number of carbonyl (C=O) groups is 1. The molecule has 1 aliphatic rings. The highest BCUT2D eigenvalue weighted by atomic mass is 35.5. The van der Waals surface area contributed by atoms with E-state index in [-0.39, 0.29) is 9.92 Å². The number of hydrogen-bond acceptors (Lipinski definition) is 4. The molecule has 2 aromatic rings. The molecule has 21 heavy (non-hydrogen) atoms. The molecule has 1 heterocycles. The number of rotatable bonds is 2. The second kappa shape index (κ2) is 4.84. The highest BCUT2D eigenvalue weighted by molar-refractivity contribution is 7.89. The molecule has 0 saturated heterocycles. The van der Waals surface area contributed by atoms with Gasteiger partial charge in [0.2, 0.25) is 10.0 Å². The highest BCUT2D eigenvalue weighted by Gasteiger charge is 2.32. The fourth-order valence-corrected chi connectivity index (χ4v) is 3.37. The predicted octanol–water partition coefficient (Wildman–Crippen LogP) is 2.25. The van der Waals surface area contributed by atoms with Crippen molar-refractivity contribution in [2.75, 3.05) is 0 Å². The maximum Gasteiger partial charge on any atom is 0.339 e. The molecule has 3 rings (SSSR count). The number of sulfonamides is 1. The van der Waals surface area contributed by atoms with E-state index >= 15 is 0 Å². The maximum absolute atomic E-state index is 11.8. The van der Waals surface area contributed by atoms with Gasteiger partial charge in [0, 0.05) is 5.56 Å². The molecule has 0 amide bonds. The first kappa shape index (κ1) is 14.1. The van der Waals surface area contributed by atoms with Crippen LogP contribution in [0.1, 0.15) is 27.6 Å². The van der Waals surface area contributed by atoms with Gasteiger partial charge in [-0.25, -0.2) is 18.4 Å². The Morgan fingerprint density at radius 3 is 2.57 bits per heavy atom. The number of primary sulfonamides is 1. The molecule has 0 bridgehead atoms. The Morgan fingerprint density at radius 2 is 1.86 bits per heavy atom. The molecule has 0 spiro atoms. The zero-order chi connectivity index (χ0) is 15.2. The molecule has 2 N–H and O–H groups in total. The molecule has 0 radical (unpaired) electrons. The number of nitrogens with two attached hydrogens (primary N) is 1. The fourth-order valence-electron chi connectivity index (χ4n) is 2.29. The van der Waals surface area contributed by atoms with Crippen molar-refractivity contribution in [3.63, 3.8) is 0 Å². The van der Waals surface area contributed by atoms with Crippen molar-refractivity contribution in [3.05, 3.63) is 64.2 Å². The number of fused-ring (bicyclic) bond motifs is 1. The normalized spacial score (nSPS) is 17.4. The van der Waals surface area contributed by atoms with Gasteiger partial charge in [-0.1, -0.05) is 35.9 Å². The summed E-state index contributed by atoms with van der Waals surface area (Å²) < 4.78 is 28.3. The lowest BCUT2D eigenvalue weighted by Gasteiger charge is -2.13.